The zero-order valence-electron chi connectivity index (χ0n) is 8.17. The highest BCUT2D eigenvalue weighted by atomic mass is 14.6. The van der Waals surface area contributed by atoms with Crippen LogP contribution in [-0.2, 0) is 6.42 Å². The third kappa shape index (κ3) is 1.18. The predicted molar refractivity (Wildman–Crippen MR) is 60.2 cm³/mol. The lowest BCUT2D eigenvalue weighted by Crippen LogP contribution is -1.80. The third-order valence-electron chi connectivity index (χ3n) is 2.88. The van der Waals surface area contributed by atoms with E-state index in [0.29, 0.717) is 11.4 Å². The van der Waals surface area contributed by atoms with Gasteiger partial charge in [0.15, 0.2) is 0 Å². The second-order valence-corrected chi connectivity index (χ2v) is 3.92. The highest BCUT2D eigenvalue weighted by molar-refractivity contribution is 5.79. The van der Waals surface area contributed by atoms with Crippen LogP contribution in [0.25, 0.3) is 11.1 Å². The molecule has 0 saturated heterocycles. The number of fused-ring (bicyclic) bond motifs is 3. The highest BCUT2D eigenvalue weighted by Crippen LogP contribution is 2.38. The molecule has 2 heteroatoms. The lowest BCUT2D eigenvalue weighted by atomic mass is 10.1. The first-order valence-electron chi connectivity index (χ1n) is 4.93. The van der Waals surface area contributed by atoms with E-state index in [9.17, 15) is 0 Å². The van der Waals surface area contributed by atoms with Crippen LogP contribution in [0.1, 0.15) is 11.1 Å². The summed E-state index contributed by atoms with van der Waals surface area (Å²) in [4.78, 5) is 0. The van der Waals surface area contributed by atoms with Crippen LogP contribution in [0.3, 0.4) is 0 Å². The maximum absolute atomic E-state index is 7.58. The van der Waals surface area contributed by atoms with Crippen LogP contribution >= 0.6 is 0 Å². The topological polar surface area (TPSA) is 47.6 Å². The first-order valence-corrected chi connectivity index (χ1v) is 4.93. The predicted octanol–water partition coefficient (Wildman–Crippen LogP) is 3.09. The lowest BCUT2D eigenvalue weighted by molar-refractivity contribution is 1.25. The van der Waals surface area contributed by atoms with Crippen molar-refractivity contribution in [2.45, 2.75) is 6.42 Å². The molecule has 0 spiro atoms. The van der Waals surface area contributed by atoms with Gasteiger partial charge >= 0.3 is 0 Å². The minimum Gasteiger partial charge on any atom is -0.301 e. The summed E-state index contributed by atoms with van der Waals surface area (Å²) in [6, 6.07) is 11.5. The Hall–Kier alpha value is -1.96. The van der Waals surface area contributed by atoms with Crippen molar-refractivity contribution in [1.82, 2.24) is 11.5 Å². The molecule has 15 heavy (non-hydrogen) atoms. The molecule has 0 unspecified atom stereocenters. The zero-order valence-corrected chi connectivity index (χ0v) is 8.17. The van der Waals surface area contributed by atoms with Crippen LogP contribution < -0.4 is 11.5 Å². The minimum absolute atomic E-state index is 0.563. The number of rotatable bonds is 0. The van der Waals surface area contributed by atoms with Gasteiger partial charge < -0.3 is 11.5 Å². The van der Waals surface area contributed by atoms with Gasteiger partial charge in [0, 0.05) is 0 Å². The van der Waals surface area contributed by atoms with Crippen molar-refractivity contribution in [2.24, 2.45) is 0 Å². The molecule has 72 valence electrons. The minimum atomic E-state index is 0.563. The van der Waals surface area contributed by atoms with E-state index in [-0.39, 0.29) is 0 Å². The lowest BCUT2D eigenvalue weighted by Gasteiger charge is -2.01. The van der Waals surface area contributed by atoms with Crippen molar-refractivity contribution in [3.05, 3.63) is 47.5 Å². The average molecular weight is 194 g/mol. The molecule has 0 atom stereocenters. The van der Waals surface area contributed by atoms with Gasteiger partial charge in [-0.15, -0.1) is 0 Å². The molecule has 2 aromatic rings. The Morgan fingerprint density at radius 2 is 1.20 bits per heavy atom. The largest absolute Gasteiger partial charge is 0.301 e. The fourth-order valence-corrected chi connectivity index (χ4v) is 2.21. The van der Waals surface area contributed by atoms with Crippen molar-refractivity contribution in [1.29, 1.82) is 0 Å². The molecule has 2 radical (unpaired) electrons. The molecule has 3 rings (SSSR count). The van der Waals surface area contributed by atoms with Gasteiger partial charge in [-0.3, -0.25) is 0 Å². The van der Waals surface area contributed by atoms with Crippen molar-refractivity contribution >= 4 is 11.4 Å². The van der Waals surface area contributed by atoms with Gasteiger partial charge in [-0.2, -0.15) is 0 Å². The Morgan fingerprint density at radius 3 is 1.67 bits per heavy atom. The van der Waals surface area contributed by atoms with Gasteiger partial charge in [0.1, 0.15) is 0 Å². The Labute approximate surface area is 88.5 Å². The first-order chi connectivity index (χ1) is 7.24. The average Bonchev–Trinajstić information content (AvgIpc) is 2.53. The molecule has 2 N–H and O–H groups in total. The second-order valence-electron chi connectivity index (χ2n) is 3.92. The molecule has 0 bridgehead atoms. The molecule has 1 aliphatic rings. The molecule has 2 nitrogen and oxygen atoms in total. The molecule has 0 aliphatic heterocycles. The van der Waals surface area contributed by atoms with Crippen LogP contribution in [0, 0.1) is 0 Å². The third-order valence-corrected chi connectivity index (χ3v) is 2.88. The van der Waals surface area contributed by atoms with Gasteiger partial charge in [0.05, 0.1) is 11.4 Å². The van der Waals surface area contributed by atoms with Crippen LogP contribution in [0.15, 0.2) is 36.4 Å². The fraction of sp³-hybridized carbons (Fsp3) is 0.0769. The van der Waals surface area contributed by atoms with Crippen molar-refractivity contribution < 1.29 is 0 Å². The van der Waals surface area contributed by atoms with Gasteiger partial charge in [-0.05, 0) is 52.9 Å². The molecule has 0 amide bonds. The van der Waals surface area contributed by atoms with Gasteiger partial charge in [-0.1, -0.05) is 12.1 Å². The van der Waals surface area contributed by atoms with E-state index in [2.05, 4.69) is 0 Å². The summed E-state index contributed by atoms with van der Waals surface area (Å²) in [5.41, 5.74) is 21.1. The molecule has 2 aromatic carbocycles. The molecule has 0 aromatic heterocycles. The smallest absolute Gasteiger partial charge is 0.0543 e. The number of benzene rings is 2. The molecular formula is C13H10N2. The quantitative estimate of drug-likeness (QED) is 0.528. The van der Waals surface area contributed by atoms with E-state index in [0.717, 1.165) is 6.42 Å². The Morgan fingerprint density at radius 1 is 0.733 bits per heavy atom. The Kier molecular flexibility index (Phi) is 1.54. The summed E-state index contributed by atoms with van der Waals surface area (Å²) < 4.78 is 0. The monoisotopic (exact) mass is 194 g/mol. The fourth-order valence-electron chi connectivity index (χ4n) is 2.21. The maximum atomic E-state index is 7.58. The summed E-state index contributed by atoms with van der Waals surface area (Å²) >= 11 is 0. The standard InChI is InChI=1S/C13H10N2/c14-10-1-3-12-8(6-10)5-9-7-11(15)2-4-13(9)12/h1-4,6-7,14-15H,5H2. The molecule has 0 heterocycles. The molecule has 0 fully saturated rings. The summed E-state index contributed by atoms with van der Waals surface area (Å²) in [6.07, 6.45) is 0.865. The number of nitrogens with one attached hydrogen (secondary N) is 2. The van der Waals surface area contributed by atoms with Crippen LogP contribution in [0.5, 0.6) is 0 Å². The Bertz CT molecular complexity index is 495. The molecule has 1 aliphatic carbocycles. The van der Waals surface area contributed by atoms with Crippen LogP contribution in [-0.4, -0.2) is 0 Å². The first kappa shape index (κ1) is 8.36. The normalized spacial score (nSPS) is 12.3. The summed E-state index contributed by atoms with van der Waals surface area (Å²) in [5.74, 6) is 0. The highest BCUT2D eigenvalue weighted by Gasteiger charge is 2.18. The summed E-state index contributed by atoms with van der Waals surface area (Å²) in [7, 11) is 0. The molecule has 0 saturated carbocycles. The summed E-state index contributed by atoms with van der Waals surface area (Å²) in [6.45, 7) is 0. The van der Waals surface area contributed by atoms with E-state index in [1.165, 1.54) is 22.3 Å². The van der Waals surface area contributed by atoms with Crippen molar-refractivity contribution in [2.75, 3.05) is 0 Å². The van der Waals surface area contributed by atoms with Crippen molar-refractivity contribution in [3.8, 4) is 11.1 Å². The zero-order chi connectivity index (χ0) is 10.4. The number of hydrogen-bond donors (Lipinski definition) is 0. The maximum Gasteiger partial charge on any atom is 0.0543 e. The van der Waals surface area contributed by atoms with E-state index < -0.39 is 0 Å². The summed E-state index contributed by atoms with van der Waals surface area (Å²) in [5, 5.41) is 0. The van der Waals surface area contributed by atoms with E-state index in [4.69, 9.17) is 11.5 Å². The van der Waals surface area contributed by atoms with E-state index >= 15 is 0 Å². The van der Waals surface area contributed by atoms with Gasteiger partial charge in [-0.25, -0.2) is 0 Å². The SMILES string of the molecule is [NH]c1ccc2c(c1)Cc1cc([NH])ccc1-2. The van der Waals surface area contributed by atoms with Crippen LogP contribution in [0.4, 0.5) is 11.4 Å². The van der Waals surface area contributed by atoms with Crippen LogP contribution in [0.2, 0.25) is 0 Å². The van der Waals surface area contributed by atoms with Crippen molar-refractivity contribution in [3.63, 3.8) is 0 Å². The van der Waals surface area contributed by atoms with Gasteiger partial charge in [0.2, 0.25) is 0 Å². The Balaban J connectivity index is 2.24. The number of hydrogen-bond acceptors (Lipinski definition) is 0. The molecular weight excluding hydrogens is 184 g/mol. The van der Waals surface area contributed by atoms with E-state index in [1.54, 1.807) is 0 Å². The second kappa shape index (κ2) is 2.76. The van der Waals surface area contributed by atoms with Gasteiger partial charge in [0.25, 0.3) is 0 Å². The van der Waals surface area contributed by atoms with E-state index in [1.807, 2.05) is 36.4 Å².